The summed E-state index contributed by atoms with van der Waals surface area (Å²) in [5.74, 6) is 0.644. The molecular weight excluding hydrogens is 320 g/mol. The highest BCUT2D eigenvalue weighted by atomic mass is 16.3. The third-order valence-electron chi connectivity index (χ3n) is 3.35. The molecule has 3 aromatic rings. The molecule has 2 heteroatoms. The number of phenolic OH excluding ortho intramolecular Hbond substituents is 2. The molecule has 0 aliphatic carbocycles. The Morgan fingerprint density at radius 1 is 0.500 bits per heavy atom. The van der Waals surface area contributed by atoms with Gasteiger partial charge in [0.05, 0.1) is 0 Å². The van der Waals surface area contributed by atoms with Crippen molar-refractivity contribution in [2.75, 3.05) is 0 Å². The molecule has 0 aromatic heterocycles. The van der Waals surface area contributed by atoms with Crippen LogP contribution in [0.25, 0.3) is 0 Å². The lowest BCUT2D eigenvalue weighted by molar-refractivity contribution is 0.475. The molecule has 2 nitrogen and oxygen atoms in total. The minimum absolute atomic E-state index is 0. The van der Waals surface area contributed by atoms with Crippen molar-refractivity contribution >= 4 is 0 Å². The molecule has 0 radical (unpaired) electrons. The van der Waals surface area contributed by atoms with Crippen molar-refractivity contribution in [3.8, 4) is 11.5 Å². The van der Waals surface area contributed by atoms with E-state index in [1.54, 1.807) is 48.5 Å². The molecule has 0 unspecified atom stereocenters. The molecule has 3 rings (SSSR count). The van der Waals surface area contributed by atoms with Crippen LogP contribution in [0.3, 0.4) is 0 Å². The average molecular weight is 355 g/mol. The monoisotopic (exact) mass is 354 g/mol. The van der Waals surface area contributed by atoms with Gasteiger partial charge in [0, 0.05) is 0 Å². The smallest absolute Gasteiger partial charge is 0.115 e. The molecule has 0 amide bonds. The molecule has 0 saturated carbocycles. The molecule has 3 aromatic carbocycles. The topological polar surface area (TPSA) is 40.5 Å². The van der Waals surface area contributed by atoms with Crippen molar-refractivity contribution in [3.05, 3.63) is 96.1 Å². The van der Waals surface area contributed by atoms with Crippen LogP contribution in [0.4, 0.5) is 0 Å². The third kappa shape index (κ3) is 11.7. The largest absolute Gasteiger partial charge is 0.508 e. The summed E-state index contributed by atoms with van der Waals surface area (Å²) in [6.07, 6.45) is 2.29. The van der Waals surface area contributed by atoms with Crippen LogP contribution in [-0.4, -0.2) is 10.2 Å². The minimum Gasteiger partial charge on any atom is -0.508 e. The summed E-state index contributed by atoms with van der Waals surface area (Å²) in [5.41, 5.74) is 2.86. The van der Waals surface area contributed by atoms with E-state index >= 15 is 0 Å². The van der Waals surface area contributed by atoms with Gasteiger partial charge in [-0.1, -0.05) is 89.4 Å². The highest BCUT2D eigenvalue weighted by Crippen LogP contribution is 2.05. The van der Waals surface area contributed by atoms with Crippen molar-refractivity contribution in [1.82, 2.24) is 0 Å². The Morgan fingerprint density at radius 3 is 0.923 bits per heavy atom. The van der Waals surface area contributed by atoms with E-state index in [4.69, 9.17) is 10.2 Å². The number of phenols is 2. The van der Waals surface area contributed by atoms with Gasteiger partial charge in [-0.3, -0.25) is 0 Å². The number of hydrogen-bond donors (Lipinski definition) is 2. The van der Waals surface area contributed by atoms with Gasteiger partial charge in [-0.25, -0.2) is 0 Å². The maximum atomic E-state index is 8.63. The van der Waals surface area contributed by atoms with E-state index in [9.17, 15) is 0 Å². The summed E-state index contributed by atoms with van der Waals surface area (Å²) >= 11 is 0. The summed E-state index contributed by atoms with van der Waals surface area (Å²) in [6.45, 7) is 4.36. The number of aryl methyl sites for hydroxylation is 2. The zero-order chi connectivity index (χ0) is 17.6. The van der Waals surface area contributed by atoms with E-state index in [1.807, 2.05) is 12.1 Å². The van der Waals surface area contributed by atoms with Crippen LogP contribution in [0, 0.1) is 0 Å². The van der Waals surface area contributed by atoms with Crippen LogP contribution in [0.15, 0.2) is 84.9 Å². The fourth-order valence-corrected chi connectivity index (χ4v) is 1.87. The van der Waals surface area contributed by atoms with Gasteiger partial charge in [-0.2, -0.15) is 0 Å². The number of para-hydroxylation sites is 2. The normalized spacial score (nSPS) is 8.38. The van der Waals surface area contributed by atoms with Crippen molar-refractivity contribution < 1.29 is 10.2 Å². The van der Waals surface area contributed by atoms with Gasteiger partial charge in [0.25, 0.3) is 0 Å². The number of rotatable bonds is 2. The zero-order valence-corrected chi connectivity index (χ0v) is 14.4. The molecule has 0 heterocycles. The third-order valence-corrected chi connectivity index (χ3v) is 3.35. The predicted molar refractivity (Wildman–Crippen MR) is 115 cm³/mol. The maximum Gasteiger partial charge on any atom is 0.115 e. The zero-order valence-electron chi connectivity index (χ0n) is 14.4. The summed E-state index contributed by atoms with van der Waals surface area (Å²) in [6, 6.07) is 26.3. The van der Waals surface area contributed by atoms with Crippen LogP contribution in [0.1, 0.15) is 39.8 Å². The molecule has 0 aliphatic rings. The molecular formula is C24H34O2. The van der Waals surface area contributed by atoms with E-state index in [-0.39, 0.29) is 14.9 Å². The first-order chi connectivity index (χ1) is 11.7. The lowest BCUT2D eigenvalue weighted by Crippen LogP contribution is -1.81. The summed E-state index contributed by atoms with van der Waals surface area (Å²) in [5, 5.41) is 17.3. The van der Waals surface area contributed by atoms with Crippen LogP contribution in [0.5, 0.6) is 11.5 Å². The van der Waals surface area contributed by atoms with E-state index in [0.717, 1.165) is 12.8 Å². The Kier molecular flexibility index (Phi) is 15.5. The first kappa shape index (κ1) is 25.5. The molecule has 142 valence electrons. The Bertz CT molecular complexity index is 586. The second kappa shape index (κ2) is 15.8. The van der Waals surface area contributed by atoms with E-state index in [1.165, 1.54) is 11.1 Å². The van der Waals surface area contributed by atoms with Crippen molar-refractivity contribution in [2.24, 2.45) is 0 Å². The number of aromatic hydroxyl groups is 2. The average Bonchev–Trinajstić information content (AvgIpc) is 2.64. The highest BCUT2D eigenvalue weighted by molar-refractivity contribution is 5.22. The SMILES string of the molecule is C.C.CCc1ccc(CC)cc1.Oc1ccccc1.Oc1ccccc1. The van der Waals surface area contributed by atoms with Crippen LogP contribution < -0.4 is 0 Å². The fourth-order valence-electron chi connectivity index (χ4n) is 1.87. The molecule has 0 bridgehead atoms. The van der Waals surface area contributed by atoms with Crippen molar-refractivity contribution in [1.29, 1.82) is 0 Å². The second-order valence-corrected chi connectivity index (χ2v) is 5.19. The van der Waals surface area contributed by atoms with Gasteiger partial charge in [-0.15, -0.1) is 0 Å². The Balaban J connectivity index is 0. The Labute approximate surface area is 159 Å². The predicted octanol–water partition coefficient (Wildman–Crippen LogP) is 6.87. The lowest BCUT2D eigenvalue weighted by atomic mass is 10.1. The summed E-state index contributed by atoms with van der Waals surface area (Å²) < 4.78 is 0. The molecule has 2 N–H and O–H groups in total. The van der Waals surface area contributed by atoms with Gasteiger partial charge < -0.3 is 10.2 Å². The summed E-state index contributed by atoms with van der Waals surface area (Å²) in [4.78, 5) is 0. The number of benzene rings is 3. The van der Waals surface area contributed by atoms with E-state index < -0.39 is 0 Å². The molecule has 0 aliphatic heterocycles. The lowest BCUT2D eigenvalue weighted by Gasteiger charge is -1.97. The standard InChI is InChI=1S/C10H14.2C6H6O.2CH4/c1-3-9-5-7-10(4-2)8-6-9;2*7-6-4-2-1-3-5-6;;/h5-8H,3-4H2,1-2H3;2*1-5,7H;2*1H4. The van der Waals surface area contributed by atoms with Gasteiger partial charge in [0.15, 0.2) is 0 Å². The minimum atomic E-state index is 0. The van der Waals surface area contributed by atoms with Gasteiger partial charge in [-0.05, 0) is 48.2 Å². The van der Waals surface area contributed by atoms with Gasteiger partial charge in [0.2, 0.25) is 0 Å². The fraction of sp³-hybridized carbons (Fsp3) is 0.250. The van der Waals surface area contributed by atoms with Gasteiger partial charge >= 0.3 is 0 Å². The molecule has 0 spiro atoms. The highest BCUT2D eigenvalue weighted by Gasteiger charge is 1.88. The quantitative estimate of drug-likeness (QED) is 0.527. The molecule has 26 heavy (non-hydrogen) atoms. The number of hydrogen-bond acceptors (Lipinski definition) is 2. The summed E-state index contributed by atoms with van der Waals surface area (Å²) in [7, 11) is 0. The second-order valence-electron chi connectivity index (χ2n) is 5.19. The Hall–Kier alpha value is -2.74. The van der Waals surface area contributed by atoms with E-state index in [0.29, 0.717) is 11.5 Å². The maximum absolute atomic E-state index is 8.63. The molecule has 0 atom stereocenters. The van der Waals surface area contributed by atoms with Crippen LogP contribution >= 0.6 is 0 Å². The first-order valence-corrected chi connectivity index (χ1v) is 8.21. The molecule has 0 fully saturated rings. The van der Waals surface area contributed by atoms with E-state index in [2.05, 4.69) is 38.1 Å². The van der Waals surface area contributed by atoms with Crippen molar-refractivity contribution in [2.45, 2.75) is 41.5 Å². The first-order valence-electron chi connectivity index (χ1n) is 8.21. The van der Waals surface area contributed by atoms with Crippen LogP contribution in [0.2, 0.25) is 0 Å². The van der Waals surface area contributed by atoms with Crippen LogP contribution in [-0.2, 0) is 12.8 Å². The molecule has 0 saturated heterocycles. The van der Waals surface area contributed by atoms with Crippen molar-refractivity contribution in [3.63, 3.8) is 0 Å². The Morgan fingerprint density at radius 2 is 0.769 bits per heavy atom. The van der Waals surface area contributed by atoms with Gasteiger partial charge in [0.1, 0.15) is 11.5 Å².